The fraction of sp³-hybridized carbons (Fsp3) is 0.316. The van der Waals surface area contributed by atoms with Crippen molar-refractivity contribution in [3.8, 4) is 0 Å². The summed E-state index contributed by atoms with van der Waals surface area (Å²) in [6.07, 6.45) is 2.25. The Morgan fingerprint density at radius 3 is 2.58 bits per heavy atom. The molecule has 9 nitrogen and oxygen atoms in total. The maximum absolute atomic E-state index is 13.0. The van der Waals surface area contributed by atoms with Gasteiger partial charge in [0, 0.05) is 30.4 Å². The van der Waals surface area contributed by atoms with Gasteiger partial charge in [-0.25, -0.2) is 18.2 Å². The maximum Gasteiger partial charge on any atom is 0.331 e. The van der Waals surface area contributed by atoms with Crippen molar-refractivity contribution in [1.29, 1.82) is 0 Å². The summed E-state index contributed by atoms with van der Waals surface area (Å²) in [4.78, 5) is 28.4. The Morgan fingerprint density at radius 2 is 1.90 bits per heavy atom. The van der Waals surface area contributed by atoms with E-state index >= 15 is 0 Å². The van der Waals surface area contributed by atoms with E-state index in [1.807, 2.05) is 0 Å². The van der Waals surface area contributed by atoms with E-state index < -0.39 is 28.2 Å². The van der Waals surface area contributed by atoms with Crippen molar-refractivity contribution in [1.82, 2.24) is 18.4 Å². The quantitative estimate of drug-likeness (QED) is 0.594. The number of fused-ring (bicyclic) bond motifs is 1. The number of carboxylic acid groups (broad SMARTS) is 1. The number of aliphatic carboxylic acids is 1. The van der Waals surface area contributed by atoms with Gasteiger partial charge in [0.2, 0.25) is 10.0 Å². The first-order valence-corrected chi connectivity index (χ1v) is 11.6. The molecule has 1 fully saturated rings. The van der Waals surface area contributed by atoms with Gasteiger partial charge in [-0.05, 0) is 43.2 Å². The Labute approximate surface area is 187 Å². The van der Waals surface area contributed by atoms with Gasteiger partial charge in [-0.15, -0.1) is 0 Å². The molecule has 1 aliphatic rings. The summed E-state index contributed by atoms with van der Waals surface area (Å²) in [6, 6.07) is 7.23. The number of carboxylic acids is 1. The van der Waals surface area contributed by atoms with E-state index in [0.29, 0.717) is 24.0 Å². The standard InChI is InChI=1S/C19H18Cl2N4O5S/c20-12-3-4-14(21)16(10-12)31(29,30)23-8-5-13(6-9-23)25-18-15(2-1-7-22-18)24(19(25)28)11-17(26)27/h1-4,7,10,13H,5-6,8-9,11H2,(H,26,27). The molecule has 3 heterocycles. The highest BCUT2D eigenvalue weighted by Crippen LogP contribution is 2.32. The molecule has 0 amide bonds. The van der Waals surface area contributed by atoms with E-state index in [1.54, 1.807) is 12.1 Å². The second-order valence-corrected chi connectivity index (χ2v) is 9.94. The van der Waals surface area contributed by atoms with E-state index in [0.717, 1.165) is 0 Å². The lowest BCUT2D eigenvalue weighted by atomic mass is 10.1. The summed E-state index contributed by atoms with van der Waals surface area (Å²) in [5, 5.41) is 9.51. The van der Waals surface area contributed by atoms with Gasteiger partial charge in [-0.3, -0.25) is 13.9 Å². The van der Waals surface area contributed by atoms with Crippen molar-refractivity contribution in [2.75, 3.05) is 13.1 Å². The first-order valence-electron chi connectivity index (χ1n) is 9.43. The Morgan fingerprint density at radius 1 is 1.19 bits per heavy atom. The number of rotatable bonds is 5. The van der Waals surface area contributed by atoms with E-state index in [-0.39, 0.29) is 34.1 Å². The third kappa shape index (κ3) is 3.96. The predicted octanol–water partition coefficient (Wildman–Crippen LogP) is 2.62. The van der Waals surface area contributed by atoms with Gasteiger partial charge in [-0.2, -0.15) is 4.31 Å². The fourth-order valence-electron chi connectivity index (χ4n) is 3.88. The number of sulfonamides is 1. The topological polar surface area (TPSA) is 114 Å². The van der Waals surface area contributed by atoms with Gasteiger partial charge in [-0.1, -0.05) is 23.2 Å². The highest BCUT2D eigenvalue weighted by Gasteiger charge is 2.33. The van der Waals surface area contributed by atoms with Gasteiger partial charge in [0.05, 0.1) is 10.5 Å². The summed E-state index contributed by atoms with van der Waals surface area (Å²) in [5.41, 5.74) is 0.332. The van der Waals surface area contributed by atoms with Gasteiger partial charge in [0.1, 0.15) is 11.4 Å². The van der Waals surface area contributed by atoms with Crippen LogP contribution in [0.1, 0.15) is 18.9 Å². The molecule has 1 N–H and O–H groups in total. The van der Waals surface area contributed by atoms with Crippen LogP contribution in [-0.4, -0.2) is 51.0 Å². The predicted molar refractivity (Wildman–Crippen MR) is 115 cm³/mol. The van der Waals surface area contributed by atoms with Crippen LogP contribution in [0.4, 0.5) is 0 Å². The number of nitrogens with zero attached hydrogens (tertiary/aromatic N) is 4. The van der Waals surface area contributed by atoms with Crippen LogP contribution in [-0.2, 0) is 21.4 Å². The summed E-state index contributed by atoms with van der Waals surface area (Å²) in [5.74, 6) is -1.13. The molecular formula is C19H18Cl2N4O5S. The van der Waals surface area contributed by atoms with Crippen LogP contribution in [0.25, 0.3) is 11.2 Å². The second-order valence-electron chi connectivity index (χ2n) is 7.19. The number of hydrogen-bond acceptors (Lipinski definition) is 5. The number of imidazole rings is 1. The van der Waals surface area contributed by atoms with Crippen LogP contribution in [0.3, 0.4) is 0 Å². The molecule has 1 saturated heterocycles. The average Bonchev–Trinajstić information content (AvgIpc) is 3.01. The minimum absolute atomic E-state index is 0.0583. The minimum Gasteiger partial charge on any atom is -0.480 e. The summed E-state index contributed by atoms with van der Waals surface area (Å²) < 4.78 is 30.0. The van der Waals surface area contributed by atoms with Crippen molar-refractivity contribution in [3.05, 3.63) is 57.1 Å². The van der Waals surface area contributed by atoms with Gasteiger partial charge in [0.25, 0.3) is 0 Å². The molecule has 2 aromatic heterocycles. The van der Waals surface area contributed by atoms with Crippen LogP contribution < -0.4 is 5.69 Å². The third-order valence-corrected chi connectivity index (χ3v) is 7.93. The molecule has 0 atom stereocenters. The van der Waals surface area contributed by atoms with E-state index in [9.17, 15) is 18.0 Å². The molecule has 31 heavy (non-hydrogen) atoms. The molecule has 0 spiro atoms. The van der Waals surface area contributed by atoms with E-state index in [4.69, 9.17) is 28.3 Å². The van der Waals surface area contributed by atoms with Crippen LogP contribution in [0.2, 0.25) is 10.0 Å². The third-order valence-electron chi connectivity index (χ3n) is 5.32. The van der Waals surface area contributed by atoms with Crippen molar-refractivity contribution in [2.45, 2.75) is 30.3 Å². The molecule has 0 saturated carbocycles. The second kappa shape index (κ2) is 8.27. The smallest absolute Gasteiger partial charge is 0.331 e. The van der Waals surface area contributed by atoms with Crippen molar-refractivity contribution >= 4 is 50.4 Å². The Kier molecular flexibility index (Phi) is 5.82. The summed E-state index contributed by atoms with van der Waals surface area (Å²) >= 11 is 12.0. The van der Waals surface area contributed by atoms with E-state index in [2.05, 4.69) is 4.98 Å². The Balaban J connectivity index is 1.63. The first kappa shape index (κ1) is 21.8. The number of piperidine rings is 1. The maximum atomic E-state index is 13.0. The van der Waals surface area contributed by atoms with E-state index in [1.165, 1.54) is 37.8 Å². The molecule has 12 heteroatoms. The largest absolute Gasteiger partial charge is 0.480 e. The molecule has 1 aromatic carbocycles. The SMILES string of the molecule is O=C(O)Cn1c(=O)n(C2CCN(S(=O)(=O)c3cc(Cl)ccc3Cl)CC2)c2ncccc21. The highest BCUT2D eigenvalue weighted by atomic mass is 35.5. The molecule has 4 rings (SSSR count). The molecule has 1 aliphatic heterocycles. The van der Waals surface area contributed by atoms with Crippen molar-refractivity contribution in [2.24, 2.45) is 0 Å². The zero-order valence-electron chi connectivity index (χ0n) is 16.1. The number of carbonyl (C=O) groups is 1. The monoisotopic (exact) mass is 484 g/mol. The minimum atomic E-state index is -3.85. The molecular weight excluding hydrogens is 467 g/mol. The Hall–Kier alpha value is -2.40. The number of halogens is 2. The number of benzene rings is 1. The zero-order valence-corrected chi connectivity index (χ0v) is 18.4. The number of hydrogen-bond donors (Lipinski definition) is 1. The molecule has 0 bridgehead atoms. The Bertz CT molecular complexity index is 1330. The lowest BCUT2D eigenvalue weighted by molar-refractivity contribution is -0.137. The van der Waals surface area contributed by atoms with Crippen LogP contribution in [0, 0.1) is 0 Å². The number of pyridine rings is 1. The van der Waals surface area contributed by atoms with Gasteiger partial charge in [0.15, 0.2) is 5.65 Å². The first-order chi connectivity index (χ1) is 14.7. The molecule has 0 radical (unpaired) electrons. The van der Waals surface area contributed by atoms with Crippen LogP contribution in [0.5, 0.6) is 0 Å². The van der Waals surface area contributed by atoms with Crippen LogP contribution in [0.15, 0.2) is 46.2 Å². The lowest BCUT2D eigenvalue weighted by Gasteiger charge is -2.31. The molecule has 3 aromatic rings. The number of aromatic nitrogens is 3. The fourth-order valence-corrected chi connectivity index (χ4v) is 6.09. The zero-order chi connectivity index (χ0) is 22.3. The van der Waals surface area contributed by atoms with Crippen molar-refractivity contribution in [3.63, 3.8) is 0 Å². The van der Waals surface area contributed by atoms with Gasteiger partial charge < -0.3 is 5.11 Å². The summed E-state index contributed by atoms with van der Waals surface area (Å²) in [7, 11) is -3.85. The summed E-state index contributed by atoms with van der Waals surface area (Å²) in [6.45, 7) is -0.143. The average molecular weight is 485 g/mol. The van der Waals surface area contributed by atoms with Gasteiger partial charge >= 0.3 is 11.7 Å². The molecule has 0 unspecified atom stereocenters. The normalized spacial score (nSPS) is 16.1. The molecule has 164 valence electrons. The lowest BCUT2D eigenvalue weighted by Crippen LogP contribution is -2.41. The van der Waals surface area contributed by atoms with Crippen molar-refractivity contribution < 1.29 is 18.3 Å². The highest BCUT2D eigenvalue weighted by molar-refractivity contribution is 7.89. The molecule has 0 aliphatic carbocycles. The van der Waals surface area contributed by atoms with Crippen LogP contribution >= 0.6 is 23.2 Å².